The van der Waals surface area contributed by atoms with Crippen molar-refractivity contribution in [1.29, 1.82) is 0 Å². The van der Waals surface area contributed by atoms with Crippen molar-refractivity contribution in [3.63, 3.8) is 0 Å². The first-order valence-electron chi connectivity index (χ1n) is 7.78. The standard InChI is InChI=1S/C17H26N2O/c1-13(2)14-6-8-15(9-7-14)17(20)19-12-10-16-5-3-4-11-18-16/h6-9,13,16,18H,3-5,10-12H2,1-2H3,(H,19,20). The Labute approximate surface area is 122 Å². The van der Waals surface area contributed by atoms with Gasteiger partial charge >= 0.3 is 0 Å². The van der Waals surface area contributed by atoms with Crippen LogP contribution in [0.3, 0.4) is 0 Å². The summed E-state index contributed by atoms with van der Waals surface area (Å²) < 4.78 is 0. The highest BCUT2D eigenvalue weighted by atomic mass is 16.1. The molecule has 2 rings (SSSR count). The maximum absolute atomic E-state index is 12.0. The smallest absolute Gasteiger partial charge is 0.251 e. The monoisotopic (exact) mass is 274 g/mol. The first-order chi connectivity index (χ1) is 9.66. The first-order valence-corrected chi connectivity index (χ1v) is 7.78. The summed E-state index contributed by atoms with van der Waals surface area (Å²) in [5, 5.41) is 6.52. The lowest BCUT2D eigenvalue weighted by Crippen LogP contribution is -2.37. The van der Waals surface area contributed by atoms with E-state index in [-0.39, 0.29) is 5.91 Å². The normalized spacial score (nSPS) is 19.1. The van der Waals surface area contributed by atoms with Crippen LogP contribution in [0.25, 0.3) is 0 Å². The van der Waals surface area contributed by atoms with Crippen LogP contribution in [0, 0.1) is 0 Å². The lowest BCUT2D eigenvalue weighted by atomic mass is 10.0. The number of benzene rings is 1. The van der Waals surface area contributed by atoms with Crippen molar-refractivity contribution in [2.24, 2.45) is 0 Å². The van der Waals surface area contributed by atoms with Crippen LogP contribution < -0.4 is 10.6 Å². The molecule has 3 nitrogen and oxygen atoms in total. The molecule has 1 heterocycles. The third-order valence-electron chi connectivity index (χ3n) is 4.03. The maximum Gasteiger partial charge on any atom is 0.251 e. The van der Waals surface area contributed by atoms with Crippen LogP contribution in [0.15, 0.2) is 24.3 Å². The number of piperidine rings is 1. The number of rotatable bonds is 5. The number of nitrogens with one attached hydrogen (secondary N) is 2. The van der Waals surface area contributed by atoms with Crippen molar-refractivity contribution in [1.82, 2.24) is 10.6 Å². The average molecular weight is 274 g/mol. The third-order valence-corrected chi connectivity index (χ3v) is 4.03. The summed E-state index contributed by atoms with van der Waals surface area (Å²) >= 11 is 0. The highest BCUT2D eigenvalue weighted by Gasteiger charge is 2.12. The zero-order valence-corrected chi connectivity index (χ0v) is 12.6. The molecule has 3 heteroatoms. The number of hydrogen-bond donors (Lipinski definition) is 2. The molecule has 20 heavy (non-hydrogen) atoms. The molecule has 1 unspecified atom stereocenters. The molecule has 0 aromatic heterocycles. The number of amides is 1. The van der Waals surface area contributed by atoms with E-state index in [9.17, 15) is 4.79 Å². The van der Waals surface area contributed by atoms with Gasteiger partial charge in [0.2, 0.25) is 0 Å². The summed E-state index contributed by atoms with van der Waals surface area (Å²) in [6.07, 6.45) is 4.85. The van der Waals surface area contributed by atoms with Gasteiger partial charge in [-0.3, -0.25) is 4.79 Å². The summed E-state index contributed by atoms with van der Waals surface area (Å²) in [6, 6.07) is 8.50. The van der Waals surface area contributed by atoms with Crippen LogP contribution in [0.2, 0.25) is 0 Å². The van der Waals surface area contributed by atoms with Gasteiger partial charge in [0.1, 0.15) is 0 Å². The van der Waals surface area contributed by atoms with Crippen LogP contribution in [-0.4, -0.2) is 25.0 Å². The van der Waals surface area contributed by atoms with E-state index >= 15 is 0 Å². The minimum Gasteiger partial charge on any atom is -0.352 e. The Bertz CT molecular complexity index is 419. The molecule has 1 aliphatic heterocycles. The van der Waals surface area contributed by atoms with Gasteiger partial charge in [-0.25, -0.2) is 0 Å². The zero-order chi connectivity index (χ0) is 14.4. The van der Waals surface area contributed by atoms with E-state index < -0.39 is 0 Å². The van der Waals surface area contributed by atoms with Crippen molar-refractivity contribution >= 4 is 5.91 Å². The van der Waals surface area contributed by atoms with E-state index in [1.807, 2.05) is 24.3 Å². The van der Waals surface area contributed by atoms with Gasteiger partial charge in [-0.05, 0) is 49.4 Å². The number of hydrogen-bond acceptors (Lipinski definition) is 2. The highest BCUT2D eigenvalue weighted by molar-refractivity contribution is 5.94. The molecule has 0 spiro atoms. The van der Waals surface area contributed by atoms with Crippen molar-refractivity contribution in [2.45, 2.75) is 51.5 Å². The van der Waals surface area contributed by atoms with Gasteiger partial charge in [-0.1, -0.05) is 32.4 Å². The van der Waals surface area contributed by atoms with Gasteiger partial charge < -0.3 is 10.6 Å². The van der Waals surface area contributed by atoms with Crippen LogP contribution in [0.4, 0.5) is 0 Å². The van der Waals surface area contributed by atoms with E-state index in [0.29, 0.717) is 12.0 Å². The van der Waals surface area contributed by atoms with E-state index in [2.05, 4.69) is 24.5 Å². The van der Waals surface area contributed by atoms with E-state index in [1.54, 1.807) is 0 Å². The Balaban J connectivity index is 1.76. The minimum absolute atomic E-state index is 0.0381. The van der Waals surface area contributed by atoms with Gasteiger partial charge in [0.15, 0.2) is 0 Å². The van der Waals surface area contributed by atoms with Crippen LogP contribution in [0.5, 0.6) is 0 Å². The highest BCUT2D eigenvalue weighted by Crippen LogP contribution is 2.14. The predicted molar refractivity (Wildman–Crippen MR) is 83.1 cm³/mol. The molecule has 0 aliphatic carbocycles. The first kappa shape index (κ1) is 15.0. The van der Waals surface area contributed by atoms with Crippen molar-refractivity contribution in [3.05, 3.63) is 35.4 Å². The quantitative estimate of drug-likeness (QED) is 0.866. The van der Waals surface area contributed by atoms with Crippen LogP contribution in [-0.2, 0) is 0 Å². The lowest BCUT2D eigenvalue weighted by molar-refractivity contribution is 0.0951. The summed E-state index contributed by atoms with van der Waals surface area (Å²) in [7, 11) is 0. The summed E-state index contributed by atoms with van der Waals surface area (Å²) in [5.41, 5.74) is 2.03. The Morgan fingerprint density at radius 1 is 1.30 bits per heavy atom. The molecular weight excluding hydrogens is 248 g/mol. The molecule has 2 N–H and O–H groups in total. The van der Waals surface area contributed by atoms with Gasteiger partial charge in [-0.2, -0.15) is 0 Å². The predicted octanol–water partition coefficient (Wildman–Crippen LogP) is 3.07. The minimum atomic E-state index is 0.0381. The topological polar surface area (TPSA) is 41.1 Å². The Kier molecular flexibility index (Phi) is 5.60. The second kappa shape index (κ2) is 7.44. The van der Waals surface area contributed by atoms with Crippen LogP contribution >= 0.6 is 0 Å². The molecule has 110 valence electrons. The fourth-order valence-electron chi connectivity index (χ4n) is 2.65. The molecule has 1 aliphatic rings. The SMILES string of the molecule is CC(C)c1ccc(C(=O)NCCC2CCCCN2)cc1. The fraction of sp³-hybridized carbons (Fsp3) is 0.588. The lowest BCUT2D eigenvalue weighted by Gasteiger charge is -2.23. The molecule has 1 saturated heterocycles. The summed E-state index contributed by atoms with van der Waals surface area (Å²) in [5.74, 6) is 0.542. The molecule has 1 amide bonds. The number of carbonyl (C=O) groups excluding carboxylic acids is 1. The third kappa shape index (κ3) is 4.34. The molecule has 1 aromatic carbocycles. The zero-order valence-electron chi connectivity index (χ0n) is 12.6. The van der Waals surface area contributed by atoms with E-state index in [0.717, 1.165) is 25.1 Å². The Morgan fingerprint density at radius 2 is 2.05 bits per heavy atom. The number of carbonyl (C=O) groups is 1. The second-order valence-electron chi connectivity index (χ2n) is 5.97. The van der Waals surface area contributed by atoms with E-state index in [1.165, 1.54) is 24.8 Å². The summed E-state index contributed by atoms with van der Waals surface area (Å²) in [4.78, 5) is 12.0. The van der Waals surface area contributed by atoms with E-state index in [4.69, 9.17) is 0 Å². The van der Waals surface area contributed by atoms with Crippen LogP contribution in [0.1, 0.15) is 61.4 Å². The molecule has 0 bridgehead atoms. The van der Waals surface area contributed by atoms with Gasteiger partial charge in [0.25, 0.3) is 5.91 Å². The fourth-order valence-corrected chi connectivity index (χ4v) is 2.65. The Morgan fingerprint density at radius 3 is 2.65 bits per heavy atom. The Hall–Kier alpha value is -1.35. The molecular formula is C17H26N2O. The largest absolute Gasteiger partial charge is 0.352 e. The van der Waals surface area contributed by atoms with Gasteiger partial charge in [-0.15, -0.1) is 0 Å². The molecule has 0 saturated carbocycles. The molecule has 0 radical (unpaired) electrons. The molecule has 1 fully saturated rings. The van der Waals surface area contributed by atoms with Gasteiger partial charge in [0, 0.05) is 18.2 Å². The average Bonchev–Trinajstić information content (AvgIpc) is 2.48. The van der Waals surface area contributed by atoms with Crippen molar-refractivity contribution < 1.29 is 4.79 Å². The second-order valence-corrected chi connectivity index (χ2v) is 5.97. The molecule has 1 atom stereocenters. The van der Waals surface area contributed by atoms with Crippen molar-refractivity contribution in [3.8, 4) is 0 Å². The van der Waals surface area contributed by atoms with Crippen molar-refractivity contribution in [2.75, 3.05) is 13.1 Å². The van der Waals surface area contributed by atoms with Gasteiger partial charge in [0.05, 0.1) is 0 Å². The molecule has 1 aromatic rings. The maximum atomic E-state index is 12.0. The summed E-state index contributed by atoms with van der Waals surface area (Å²) in [6.45, 7) is 6.19.